The van der Waals surface area contributed by atoms with Crippen LogP contribution < -0.4 is 0 Å². The van der Waals surface area contributed by atoms with Crippen LogP contribution in [0.15, 0.2) is 17.6 Å². The lowest BCUT2D eigenvalue weighted by Crippen LogP contribution is -2.41. The third kappa shape index (κ3) is 2.92. The Kier molecular flexibility index (Phi) is 3.83. The maximum Gasteiger partial charge on any atom is 0.236 e. The molecule has 3 unspecified atom stereocenters. The summed E-state index contributed by atoms with van der Waals surface area (Å²) >= 11 is 1.57. The van der Waals surface area contributed by atoms with E-state index in [1.807, 2.05) is 24.7 Å². The Balaban J connectivity index is 1.72. The summed E-state index contributed by atoms with van der Waals surface area (Å²) in [5.41, 5.74) is 0.651. The molecule has 122 valence electrons. The van der Waals surface area contributed by atoms with Crippen LogP contribution in [0.25, 0.3) is 0 Å². The van der Waals surface area contributed by atoms with Crippen molar-refractivity contribution >= 4 is 17.7 Å². The highest BCUT2D eigenvalue weighted by Crippen LogP contribution is 2.52. The van der Waals surface area contributed by atoms with Crippen molar-refractivity contribution in [3.63, 3.8) is 0 Å². The van der Waals surface area contributed by atoms with Gasteiger partial charge < -0.3 is 9.47 Å². The average Bonchev–Trinajstić information content (AvgIpc) is 2.89. The molecular formula is C17H27N3OS. The summed E-state index contributed by atoms with van der Waals surface area (Å²) in [6.07, 6.45) is 7.23. The molecule has 0 radical (unpaired) electrons. The molecular weight excluding hydrogens is 294 g/mol. The molecule has 0 N–H and O–H groups in total. The highest BCUT2D eigenvalue weighted by molar-refractivity contribution is 8.00. The maximum absolute atomic E-state index is 12.9. The van der Waals surface area contributed by atoms with E-state index in [0.29, 0.717) is 16.9 Å². The lowest BCUT2D eigenvalue weighted by Gasteiger charge is -2.39. The summed E-state index contributed by atoms with van der Waals surface area (Å²) < 4.78 is 1.97. The number of aryl methyl sites for hydroxylation is 1. The van der Waals surface area contributed by atoms with E-state index in [2.05, 4.69) is 30.7 Å². The van der Waals surface area contributed by atoms with Crippen LogP contribution in [0, 0.1) is 10.8 Å². The Morgan fingerprint density at radius 3 is 2.77 bits per heavy atom. The minimum atomic E-state index is -0.0767. The monoisotopic (exact) mass is 321 g/mol. The van der Waals surface area contributed by atoms with E-state index in [9.17, 15) is 4.79 Å². The van der Waals surface area contributed by atoms with Crippen LogP contribution in [-0.2, 0) is 11.8 Å². The van der Waals surface area contributed by atoms with E-state index in [1.165, 1.54) is 12.8 Å². The number of thioether (sulfide) groups is 1. The van der Waals surface area contributed by atoms with E-state index in [-0.39, 0.29) is 11.2 Å². The van der Waals surface area contributed by atoms with Crippen molar-refractivity contribution in [2.24, 2.45) is 17.9 Å². The van der Waals surface area contributed by atoms with E-state index in [4.69, 9.17) is 0 Å². The number of carbonyl (C=O) groups is 1. The number of aromatic nitrogens is 2. The standard InChI is InChI=1S/C17H27N3OS/c1-12(22-15-18-6-7-19(15)5)14(21)20-11-17(4)9-13(20)8-16(2,3)10-17/h6-7,12-13H,8-11H2,1-5H3. The van der Waals surface area contributed by atoms with Crippen LogP contribution in [0.5, 0.6) is 0 Å². The number of likely N-dealkylation sites (tertiary alicyclic amines) is 1. The number of rotatable bonds is 3. The molecule has 1 aliphatic carbocycles. The van der Waals surface area contributed by atoms with Crippen LogP contribution in [0.1, 0.15) is 47.0 Å². The van der Waals surface area contributed by atoms with Gasteiger partial charge in [0, 0.05) is 32.0 Å². The summed E-state index contributed by atoms with van der Waals surface area (Å²) in [6, 6.07) is 0.422. The van der Waals surface area contributed by atoms with Crippen LogP contribution in [0.4, 0.5) is 0 Å². The lowest BCUT2D eigenvalue weighted by molar-refractivity contribution is -0.131. The van der Waals surface area contributed by atoms with Gasteiger partial charge in [-0.15, -0.1) is 0 Å². The quantitative estimate of drug-likeness (QED) is 0.802. The molecule has 2 fully saturated rings. The van der Waals surface area contributed by atoms with Crippen molar-refractivity contribution in [1.29, 1.82) is 0 Å². The Labute approximate surface area is 137 Å². The van der Waals surface area contributed by atoms with E-state index in [0.717, 1.165) is 18.1 Å². The second kappa shape index (κ2) is 5.29. The van der Waals surface area contributed by atoms with Crippen LogP contribution >= 0.6 is 11.8 Å². The second-order valence-electron chi connectivity index (χ2n) is 8.26. The van der Waals surface area contributed by atoms with Gasteiger partial charge in [-0.2, -0.15) is 0 Å². The lowest BCUT2D eigenvalue weighted by atomic mass is 9.65. The van der Waals surface area contributed by atoms with E-state index < -0.39 is 0 Å². The minimum Gasteiger partial charge on any atom is -0.338 e. The van der Waals surface area contributed by atoms with Crippen molar-refractivity contribution in [2.45, 2.75) is 63.4 Å². The molecule has 1 aromatic heterocycles. The van der Waals surface area contributed by atoms with Crippen LogP contribution in [-0.4, -0.2) is 38.2 Å². The van der Waals surface area contributed by atoms with Gasteiger partial charge >= 0.3 is 0 Å². The highest BCUT2D eigenvalue weighted by atomic mass is 32.2. The second-order valence-corrected chi connectivity index (χ2v) is 9.57. The van der Waals surface area contributed by atoms with Gasteiger partial charge in [0.2, 0.25) is 5.91 Å². The number of nitrogens with zero attached hydrogens (tertiary/aromatic N) is 3. The smallest absolute Gasteiger partial charge is 0.236 e. The number of imidazole rings is 1. The first kappa shape index (κ1) is 15.9. The summed E-state index contributed by atoms with van der Waals surface area (Å²) in [5, 5.41) is 0.835. The topological polar surface area (TPSA) is 38.1 Å². The summed E-state index contributed by atoms with van der Waals surface area (Å²) in [4.78, 5) is 19.4. The van der Waals surface area contributed by atoms with Gasteiger partial charge in [0.25, 0.3) is 0 Å². The van der Waals surface area contributed by atoms with Crippen molar-refractivity contribution in [1.82, 2.24) is 14.5 Å². The van der Waals surface area contributed by atoms with Crippen molar-refractivity contribution in [3.05, 3.63) is 12.4 Å². The van der Waals surface area contributed by atoms with Gasteiger partial charge in [-0.3, -0.25) is 4.79 Å². The first-order valence-electron chi connectivity index (χ1n) is 8.14. The Hall–Kier alpha value is -0.970. The molecule has 1 saturated heterocycles. The van der Waals surface area contributed by atoms with Gasteiger partial charge in [-0.1, -0.05) is 32.5 Å². The number of amides is 1. The number of hydrogen-bond acceptors (Lipinski definition) is 3. The maximum atomic E-state index is 12.9. The fourth-order valence-corrected chi connectivity index (χ4v) is 5.53. The Morgan fingerprint density at radius 1 is 1.41 bits per heavy atom. The zero-order valence-corrected chi connectivity index (χ0v) is 15.1. The van der Waals surface area contributed by atoms with Gasteiger partial charge in [-0.25, -0.2) is 4.98 Å². The number of fused-ring (bicyclic) bond motifs is 2. The summed E-state index contributed by atoms with van der Waals surface area (Å²) in [6.45, 7) is 9.97. The highest BCUT2D eigenvalue weighted by Gasteiger charge is 2.51. The van der Waals surface area contributed by atoms with Crippen molar-refractivity contribution in [2.75, 3.05) is 6.54 Å². The molecule has 3 atom stereocenters. The van der Waals surface area contributed by atoms with E-state index >= 15 is 0 Å². The van der Waals surface area contributed by atoms with Gasteiger partial charge in [0.15, 0.2) is 5.16 Å². The van der Waals surface area contributed by atoms with E-state index in [1.54, 1.807) is 18.0 Å². The summed E-state index contributed by atoms with van der Waals surface area (Å²) in [7, 11) is 1.97. The number of hydrogen-bond donors (Lipinski definition) is 0. The predicted molar refractivity (Wildman–Crippen MR) is 89.8 cm³/mol. The molecule has 1 aliphatic heterocycles. The number of carbonyl (C=O) groups excluding carboxylic acids is 1. The molecule has 2 bridgehead atoms. The van der Waals surface area contributed by atoms with Crippen molar-refractivity contribution in [3.8, 4) is 0 Å². The average molecular weight is 321 g/mol. The SMILES string of the molecule is CC(Sc1nccn1C)C(=O)N1CC2(C)CC1CC(C)(C)C2. The molecule has 1 saturated carbocycles. The van der Waals surface area contributed by atoms with Gasteiger partial charge in [0.1, 0.15) is 0 Å². The molecule has 22 heavy (non-hydrogen) atoms. The normalized spacial score (nSPS) is 31.3. The molecule has 2 aliphatic rings. The molecule has 3 rings (SSSR count). The Bertz CT molecular complexity index is 582. The largest absolute Gasteiger partial charge is 0.338 e. The van der Waals surface area contributed by atoms with Gasteiger partial charge in [0.05, 0.1) is 5.25 Å². The minimum absolute atomic E-state index is 0.0767. The zero-order chi connectivity index (χ0) is 16.1. The van der Waals surface area contributed by atoms with Gasteiger partial charge in [-0.05, 0) is 37.0 Å². The molecule has 1 amide bonds. The molecule has 4 nitrogen and oxygen atoms in total. The predicted octanol–water partition coefficient (Wildman–Crippen LogP) is 3.33. The molecule has 1 aromatic rings. The fourth-order valence-electron chi connectivity index (χ4n) is 4.63. The summed E-state index contributed by atoms with van der Waals surface area (Å²) in [5.74, 6) is 0.277. The third-order valence-electron chi connectivity index (χ3n) is 5.10. The molecule has 0 spiro atoms. The van der Waals surface area contributed by atoms with Crippen LogP contribution in [0.2, 0.25) is 0 Å². The van der Waals surface area contributed by atoms with Crippen LogP contribution in [0.3, 0.4) is 0 Å². The Morgan fingerprint density at radius 2 is 2.14 bits per heavy atom. The first-order chi connectivity index (χ1) is 10.2. The molecule has 0 aromatic carbocycles. The molecule has 5 heteroatoms. The first-order valence-corrected chi connectivity index (χ1v) is 9.02. The third-order valence-corrected chi connectivity index (χ3v) is 6.26. The fraction of sp³-hybridized carbons (Fsp3) is 0.765. The van der Waals surface area contributed by atoms with Crippen molar-refractivity contribution < 1.29 is 4.79 Å². The molecule has 2 heterocycles. The zero-order valence-electron chi connectivity index (χ0n) is 14.3.